The molecule has 146 valence electrons. The summed E-state index contributed by atoms with van der Waals surface area (Å²) in [4.78, 5) is 12.9. The molecule has 29 heavy (non-hydrogen) atoms. The molecule has 1 N–H and O–H groups in total. The highest BCUT2D eigenvalue weighted by Crippen LogP contribution is 2.31. The van der Waals surface area contributed by atoms with Gasteiger partial charge >= 0.3 is 0 Å². The highest BCUT2D eigenvalue weighted by Gasteiger charge is 2.14. The standard InChI is InChI=1S/C25H26N4/c1-28-11-13-29(14-12-28)18-19-7-9-20(10-8-19)22-15-23-24(17-27-25(23)26-16-22)21-5-3-2-4-6-21/h2-10,15-17H,11-14,18H2,1H3,(H,26,27). The van der Waals surface area contributed by atoms with Crippen LogP contribution in [0, 0.1) is 0 Å². The van der Waals surface area contributed by atoms with Gasteiger partial charge < -0.3 is 9.88 Å². The monoisotopic (exact) mass is 382 g/mol. The van der Waals surface area contributed by atoms with Crippen molar-refractivity contribution in [2.24, 2.45) is 0 Å². The van der Waals surface area contributed by atoms with E-state index >= 15 is 0 Å². The Morgan fingerprint density at radius 3 is 2.38 bits per heavy atom. The molecule has 1 aliphatic rings. The van der Waals surface area contributed by atoms with Crippen LogP contribution in [-0.4, -0.2) is 53.0 Å². The smallest absolute Gasteiger partial charge is 0.137 e. The summed E-state index contributed by atoms with van der Waals surface area (Å²) >= 11 is 0. The van der Waals surface area contributed by atoms with Crippen molar-refractivity contribution in [2.45, 2.75) is 6.54 Å². The van der Waals surface area contributed by atoms with Gasteiger partial charge in [0, 0.05) is 61.6 Å². The Labute approximate surface area is 171 Å². The molecule has 2 aromatic heterocycles. The van der Waals surface area contributed by atoms with Crippen molar-refractivity contribution in [1.29, 1.82) is 0 Å². The summed E-state index contributed by atoms with van der Waals surface area (Å²) in [5.74, 6) is 0. The van der Waals surface area contributed by atoms with Gasteiger partial charge in [-0.3, -0.25) is 4.90 Å². The van der Waals surface area contributed by atoms with Gasteiger partial charge in [0.05, 0.1) is 0 Å². The second-order valence-corrected chi connectivity index (χ2v) is 7.96. The van der Waals surface area contributed by atoms with Crippen molar-refractivity contribution in [3.05, 3.63) is 78.6 Å². The number of piperazine rings is 1. The number of rotatable bonds is 4. The fraction of sp³-hybridized carbons (Fsp3) is 0.240. The number of aromatic nitrogens is 2. The van der Waals surface area contributed by atoms with Crippen molar-refractivity contribution in [3.8, 4) is 22.3 Å². The highest BCUT2D eigenvalue weighted by atomic mass is 15.2. The van der Waals surface area contributed by atoms with Gasteiger partial charge in [0.1, 0.15) is 5.65 Å². The molecule has 2 aromatic carbocycles. The second kappa shape index (κ2) is 7.82. The Morgan fingerprint density at radius 1 is 0.862 bits per heavy atom. The third-order valence-electron chi connectivity index (χ3n) is 5.91. The van der Waals surface area contributed by atoms with Gasteiger partial charge in [-0.15, -0.1) is 0 Å². The number of fused-ring (bicyclic) bond motifs is 1. The number of hydrogen-bond acceptors (Lipinski definition) is 3. The first-order valence-corrected chi connectivity index (χ1v) is 10.3. The molecule has 0 atom stereocenters. The largest absolute Gasteiger partial charge is 0.346 e. The van der Waals surface area contributed by atoms with Gasteiger partial charge in [0.2, 0.25) is 0 Å². The maximum atomic E-state index is 4.66. The number of H-pyrrole nitrogens is 1. The number of pyridine rings is 1. The van der Waals surface area contributed by atoms with Crippen LogP contribution in [0.2, 0.25) is 0 Å². The summed E-state index contributed by atoms with van der Waals surface area (Å²) < 4.78 is 0. The fourth-order valence-electron chi connectivity index (χ4n) is 4.08. The minimum Gasteiger partial charge on any atom is -0.346 e. The number of nitrogens with one attached hydrogen (secondary N) is 1. The van der Waals surface area contributed by atoms with Crippen molar-refractivity contribution in [3.63, 3.8) is 0 Å². The summed E-state index contributed by atoms with van der Waals surface area (Å²) in [7, 11) is 2.20. The molecular weight excluding hydrogens is 356 g/mol. The molecule has 1 aliphatic heterocycles. The molecule has 5 rings (SSSR count). The van der Waals surface area contributed by atoms with Gasteiger partial charge in [0.15, 0.2) is 0 Å². The molecule has 4 aromatic rings. The van der Waals surface area contributed by atoms with Crippen LogP contribution >= 0.6 is 0 Å². The molecule has 4 heteroatoms. The Bertz CT molecular complexity index is 1090. The van der Waals surface area contributed by atoms with E-state index in [9.17, 15) is 0 Å². The van der Waals surface area contributed by atoms with E-state index < -0.39 is 0 Å². The van der Waals surface area contributed by atoms with E-state index in [1.165, 1.54) is 22.3 Å². The van der Waals surface area contributed by atoms with E-state index in [0.717, 1.165) is 49.3 Å². The Kier molecular flexibility index (Phi) is 4.88. The normalized spacial score (nSPS) is 15.8. The first kappa shape index (κ1) is 18.1. The Hall–Kier alpha value is -2.95. The van der Waals surface area contributed by atoms with E-state index in [4.69, 9.17) is 0 Å². The SMILES string of the molecule is CN1CCN(Cc2ccc(-c3cnc4[nH]cc(-c5ccccc5)c4c3)cc2)CC1. The quantitative estimate of drug-likeness (QED) is 0.558. The van der Waals surface area contributed by atoms with E-state index in [0.29, 0.717) is 0 Å². The van der Waals surface area contributed by atoms with Crippen LogP contribution in [0.15, 0.2) is 73.1 Å². The molecule has 3 heterocycles. The van der Waals surface area contributed by atoms with E-state index in [-0.39, 0.29) is 0 Å². The molecule has 0 saturated carbocycles. The summed E-state index contributed by atoms with van der Waals surface area (Å²) in [5.41, 5.74) is 7.07. The average molecular weight is 383 g/mol. The zero-order valence-corrected chi connectivity index (χ0v) is 16.8. The number of benzene rings is 2. The summed E-state index contributed by atoms with van der Waals surface area (Å²) in [6.07, 6.45) is 4.01. The van der Waals surface area contributed by atoms with Crippen molar-refractivity contribution < 1.29 is 0 Å². The van der Waals surface area contributed by atoms with Gasteiger partial charge in [-0.1, -0.05) is 54.6 Å². The molecule has 1 fully saturated rings. The lowest BCUT2D eigenvalue weighted by Gasteiger charge is -2.32. The summed E-state index contributed by atoms with van der Waals surface area (Å²) in [5, 5.41) is 1.16. The third-order valence-corrected chi connectivity index (χ3v) is 5.91. The first-order valence-electron chi connectivity index (χ1n) is 10.3. The van der Waals surface area contributed by atoms with Crippen LogP contribution in [0.4, 0.5) is 0 Å². The van der Waals surface area contributed by atoms with Gasteiger partial charge in [-0.25, -0.2) is 4.98 Å². The number of hydrogen-bond donors (Lipinski definition) is 1. The topological polar surface area (TPSA) is 35.2 Å². The van der Waals surface area contributed by atoms with Crippen LogP contribution in [0.25, 0.3) is 33.3 Å². The highest BCUT2D eigenvalue weighted by molar-refractivity contribution is 5.95. The fourth-order valence-corrected chi connectivity index (χ4v) is 4.08. The predicted molar refractivity (Wildman–Crippen MR) is 120 cm³/mol. The molecular formula is C25H26N4. The lowest BCUT2D eigenvalue weighted by atomic mass is 10.0. The zero-order chi connectivity index (χ0) is 19.6. The van der Waals surface area contributed by atoms with Gasteiger partial charge in [-0.2, -0.15) is 0 Å². The molecule has 0 amide bonds. The van der Waals surface area contributed by atoms with Crippen LogP contribution in [-0.2, 0) is 6.54 Å². The summed E-state index contributed by atoms with van der Waals surface area (Å²) in [6, 6.07) is 21.7. The first-order chi connectivity index (χ1) is 14.3. The summed E-state index contributed by atoms with van der Waals surface area (Å²) in [6.45, 7) is 5.64. The maximum Gasteiger partial charge on any atom is 0.137 e. The molecule has 0 spiro atoms. The van der Waals surface area contributed by atoms with E-state index in [1.807, 2.05) is 12.3 Å². The van der Waals surface area contributed by atoms with Crippen LogP contribution in [0.1, 0.15) is 5.56 Å². The minimum absolute atomic E-state index is 0.930. The Balaban J connectivity index is 1.39. The molecule has 0 radical (unpaired) electrons. The van der Waals surface area contributed by atoms with Gasteiger partial charge in [-0.05, 0) is 29.8 Å². The van der Waals surface area contributed by atoms with E-state index in [1.54, 1.807) is 0 Å². The minimum atomic E-state index is 0.930. The third kappa shape index (κ3) is 3.82. The zero-order valence-electron chi connectivity index (χ0n) is 16.8. The molecule has 4 nitrogen and oxygen atoms in total. The van der Waals surface area contributed by atoms with Crippen molar-refractivity contribution >= 4 is 11.0 Å². The molecule has 0 unspecified atom stereocenters. The van der Waals surface area contributed by atoms with Gasteiger partial charge in [0.25, 0.3) is 0 Å². The molecule has 0 bridgehead atoms. The van der Waals surface area contributed by atoms with Crippen LogP contribution < -0.4 is 0 Å². The molecule has 1 saturated heterocycles. The maximum absolute atomic E-state index is 4.66. The second-order valence-electron chi connectivity index (χ2n) is 7.96. The number of nitrogens with zero attached hydrogens (tertiary/aromatic N) is 3. The van der Waals surface area contributed by atoms with E-state index in [2.05, 4.69) is 87.6 Å². The average Bonchev–Trinajstić information content (AvgIpc) is 3.20. The van der Waals surface area contributed by atoms with Crippen molar-refractivity contribution in [2.75, 3.05) is 33.2 Å². The Morgan fingerprint density at radius 2 is 1.62 bits per heavy atom. The predicted octanol–water partition coefficient (Wildman–Crippen LogP) is 4.64. The van der Waals surface area contributed by atoms with Crippen LogP contribution in [0.3, 0.4) is 0 Å². The lowest BCUT2D eigenvalue weighted by Crippen LogP contribution is -2.43. The van der Waals surface area contributed by atoms with Crippen LogP contribution in [0.5, 0.6) is 0 Å². The lowest BCUT2D eigenvalue weighted by molar-refractivity contribution is 0.148. The van der Waals surface area contributed by atoms with Crippen molar-refractivity contribution in [1.82, 2.24) is 19.8 Å². The number of aromatic amines is 1. The molecule has 0 aliphatic carbocycles. The number of likely N-dealkylation sites (N-methyl/N-ethyl adjacent to an activating group) is 1.